The number of aryl methyl sites for hydroxylation is 1. The van der Waals surface area contributed by atoms with E-state index in [0.29, 0.717) is 24.7 Å². The second-order valence-corrected chi connectivity index (χ2v) is 8.40. The van der Waals surface area contributed by atoms with Crippen LogP contribution in [-0.4, -0.2) is 42.1 Å². The van der Waals surface area contributed by atoms with Gasteiger partial charge < -0.3 is 19.1 Å². The molecule has 0 saturated heterocycles. The standard InChI is InChI=1S/C27H32N4O4/c1-7-14-31(17-21-8-10-22(33-5)11-9-21)25-15-26(29-30(4)27(25)32)35-18-19(2)20(3)24-13-12-23(34-6)16-28-24/h1,8-13,15-16,19-20H,14,17-18H2,2-6H3/t19-,20+/m1/s1. The number of rotatable bonds is 11. The zero-order valence-corrected chi connectivity index (χ0v) is 20.9. The van der Waals surface area contributed by atoms with Gasteiger partial charge in [-0.1, -0.05) is 31.9 Å². The van der Waals surface area contributed by atoms with Crippen LogP contribution < -0.4 is 24.7 Å². The maximum atomic E-state index is 12.9. The smallest absolute Gasteiger partial charge is 0.290 e. The lowest BCUT2D eigenvalue weighted by Gasteiger charge is -2.23. The second kappa shape index (κ2) is 11.9. The van der Waals surface area contributed by atoms with E-state index in [1.165, 1.54) is 4.68 Å². The van der Waals surface area contributed by atoms with Gasteiger partial charge in [0.25, 0.3) is 5.56 Å². The maximum absolute atomic E-state index is 12.9. The number of pyridine rings is 1. The normalized spacial score (nSPS) is 12.3. The number of terminal acetylenes is 1. The summed E-state index contributed by atoms with van der Waals surface area (Å²) < 4.78 is 17.7. The van der Waals surface area contributed by atoms with Gasteiger partial charge in [-0.25, -0.2) is 4.68 Å². The summed E-state index contributed by atoms with van der Waals surface area (Å²) in [5.41, 5.74) is 2.14. The Labute approximate surface area is 206 Å². The molecule has 8 heteroatoms. The highest BCUT2D eigenvalue weighted by atomic mass is 16.5. The van der Waals surface area contributed by atoms with Gasteiger partial charge in [0.15, 0.2) is 0 Å². The van der Waals surface area contributed by atoms with Crippen LogP contribution >= 0.6 is 0 Å². The quantitative estimate of drug-likeness (QED) is 0.391. The molecular weight excluding hydrogens is 444 g/mol. The molecule has 0 aliphatic carbocycles. The molecule has 0 bridgehead atoms. The summed E-state index contributed by atoms with van der Waals surface area (Å²) in [5.74, 6) is 4.80. The monoisotopic (exact) mass is 476 g/mol. The minimum absolute atomic E-state index is 0.152. The Bertz CT molecular complexity index is 1200. The fourth-order valence-corrected chi connectivity index (χ4v) is 3.59. The minimum atomic E-state index is -0.245. The Hall–Kier alpha value is -3.99. The number of hydrogen-bond acceptors (Lipinski definition) is 7. The zero-order valence-electron chi connectivity index (χ0n) is 20.9. The van der Waals surface area contributed by atoms with Crippen LogP contribution in [0.25, 0.3) is 0 Å². The largest absolute Gasteiger partial charge is 0.497 e. The summed E-state index contributed by atoms with van der Waals surface area (Å²) in [4.78, 5) is 19.2. The number of nitrogens with zero attached hydrogens (tertiary/aromatic N) is 4. The third-order valence-corrected chi connectivity index (χ3v) is 5.99. The lowest BCUT2D eigenvalue weighted by Crippen LogP contribution is -2.32. The Kier molecular flexibility index (Phi) is 8.74. The summed E-state index contributed by atoms with van der Waals surface area (Å²) in [5, 5.41) is 4.29. The molecule has 0 amide bonds. The van der Waals surface area contributed by atoms with Crippen LogP contribution in [-0.2, 0) is 13.6 Å². The molecule has 3 rings (SSSR count). The topological polar surface area (TPSA) is 78.7 Å². The fourth-order valence-electron chi connectivity index (χ4n) is 3.59. The predicted octanol–water partition coefficient (Wildman–Crippen LogP) is 3.65. The first-order valence-electron chi connectivity index (χ1n) is 11.4. The minimum Gasteiger partial charge on any atom is -0.497 e. The van der Waals surface area contributed by atoms with Gasteiger partial charge in [0.1, 0.15) is 17.2 Å². The highest BCUT2D eigenvalue weighted by Gasteiger charge is 2.19. The molecule has 2 aromatic heterocycles. The van der Waals surface area contributed by atoms with Crippen molar-refractivity contribution in [2.45, 2.75) is 26.3 Å². The number of ether oxygens (including phenoxy) is 3. The average Bonchev–Trinajstić information content (AvgIpc) is 2.88. The SMILES string of the molecule is C#CCN(Cc1ccc(OC)cc1)c1cc(OC[C@@H](C)[C@H](C)c2ccc(OC)cn2)nn(C)c1=O. The van der Waals surface area contributed by atoms with Crippen molar-refractivity contribution in [2.24, 2.45) is 13.0 Å². The van der Waals surface area contributed by atoms with Crippen molar-refractivity contribution in [1.29, 1.82) is 0 Å². The van der Waals surface area contributed by atoms with Gasteiger partial charge >= 0.3 is 0 Å². The van der Waals surface area contributed by atoms with Crippen LogP contribution in [0.15, 0.2) is 53.5 Å². The summed E-state index contributed by atoms with van der Waals surface area (Å²) in [6.07, 6.45) is 7.33. The van der Waals surface area contributed by atoms with Crippen molar-refractivity contribution in [3.63, 3.8) is 0 Å². The molecule has 0 N–H and O–H groups in total. The first-order valence-corrected chi connectivity index (χ1v) is 11.4. The van der Waals surface area contributed by atoms with Gasteiger partial charge in [-0.3, -0.25) is 9.78 Å². The van der Waals surface area contributed by atoms with Crippen LogP contribution in [0.4, 0.5) is 5.69 Å². The van der Waals surface area contributed by atoms with Crippen molar-refractivity contribution < 1.29 is 14.2 Å². The van der Waals surface area contributed by atoms with Gasteiger partial charge in [-0.15, -0.1) is 11.5 Å². The van der Waals surface area contributed by atoms with Crippen LogP contribution in [0, 0.1) is 18.3 Å². The maximum Gasteiger partial charge on any atom is 0.290 e. The summed E-state index contributed by atoms with van der Waals surface area (Å²) in [6, 6.07) is 13.2. The van der Waals surface area contributed by atoms with Crippen molar-refractivity contribution >= 4 is 5.69 Å². The molecule has 0 aliphatic rings. The van der Waals surface area contributed by atoms with E-state index in [-0.39, 0.29) is 23.9 Å². The fraction of sp³-hybridized carbons (Fsp3) is 0.370. The van der Waals surface area contributed by atoms with E-state index in [1.54, 1.807) is 33.5 Å². The van der Waals surface area contributed by atoms with E-state index in [9.17, 15) is 4.79 Å². The van der Waals surface area contributed by atoms with Crippen molar-refractivity contribution in [3.8, 4) is 29.7 Å². The van der Waals surface area contributed by atoms with Gasteiger partial charge in [-0.05, 0) is 35.7 Å². The first kappa shape index (κ1) is 25.6. The summed E-state index contributed by atoms with van der Waals surface area (Å²) >= 11 is 0. The molecule has 2 heterocycles. The third kappa shape index (κ3) is 6.54. The van der Waals surface area contributed by atoms with Crippen LogP contribution in [0.2, 0.25) is 0 Å². The van der Waals surface area contributed by atoms with E-state index < -0.39 is 0 Å². The Morgan fingerprint density at radius 3 is 2.37 bits per heavy atom. The van der Waals surface area contributed by atoms with E-state index in [1.807, 2.05) is 41.3 Å². The highest BCUT2D eigenvalue weighted by Crippen LogP contribution is 2.25. The van der Waals surface area contributed by atoms with Crippen LogP contribution in [0.3, 0.4) is 0 Å². The lowest BCUT2D eigenvalue weighted by molar-refractivity contribution is 0.228. The average molecular weight is 477 g/mol. The van der Waals surface area contributed by atoms with Gasteiger partial charge in [0, 0.05) is 31.3 Å². The van der Waals surface area contributed by atoms with Crippen molar-refractivity contribution in [1.82, 2.24) is 14.8 Å². The summed E-state index contributed by atoms with van der Waals surface area (Å²) in [7, 11) is 4.84. The molecule has 184 valence electrons. The number of aromatic nitrogens is 3. The van der Waals surface area contributed by atoms with Crippen molar-refractivity contribution in [2.75, 3.05) is 32.3 Å². The first-order chi connectivity index (χ1) is 16.9. The third-order valence-electron chi connectivity index (χ3n) is 5.99. The number of methoxy groups -OCH3 is 2. The van der Waals surface area contributed by atoms with Gasteiger partial charge in [-0.2, -0.15) is 0 Å². The van der Waals surface area contributed by atoms with E-state index in [0.717, 1.165) is 22.8 Å². The Morgan fingerprint density at radius 2 is 1.77 bits per heavy atom. The van der Waals surface area contributed by atoms with Crippen molar-refractivity contribution in [3.05, 3.63) is 70.3 Å². The molecule has 3 aromatic rings. The summed E-state index contributed by atoms with van der Waals surface area (Å²) in [6.45, 7) is 5.33. The molecule has 0 aliphatic heterocycles. The molecular formula is C27H32N4O4. The number of benzene rings is 1. The Balaban J connectivity index is 1.75. The van der Waals surface area contributed by atoms with E-state index in [4.69, 9.17) is 20.6 Å². The Morgan fingerprint density at radius 1 is 1.09 bits per heavy atom. The molecule has 8 nitrogen and oxygen atoms in total. The molecule has 0 radical (unpaired) electrons. The molecule has 0 fully saturated rings. The van der Waals surface area contributed by atoms with Gasteiger partial charge in [0.05, 0.1) is 33.6 Å². The molecule has 0 spiro atoms. The number of hydrogen-bond donors (Lipinski definition) is 0. The molecule has 1 aromatic carbocycles. The molecule has 2 atom stereocenters. The molecule has 0 saturated carbocycles. The predicted molar refractivity (Wildman–Crippen MR) is 136 cm³/mol. The molecule has 0 unspecified atom stereocenters. The van der Waals surface area contributed by atoms with Crippen LogP contribution in [0.1, 0.15) is 31.0 Å². The van der Waals surface area contributed by atoms with Gasteiger partial charge in [0.2, 0.25) is 5.88 Å². The van der Waals surface area contributed by atoms with E-state index >= 15 is 0 Å². The van der Waals surface area contributed by atoms with Crippen LogP contribution in [0.5, 0.6) is 17.4 Å². The lowest BCUT2D eigenvalue weighted by atomic mass is 9.93. The number of anilines is 1. The zero-order chi connectivity index (χ0) is 25.4. The molecule has 35 heavy (non-hydrogen) atoms. The highest BCUT2D eigenvalue weighted by molar-refractivity contribution is 5.48. The van der Waals surface area contributed by atoms with E-state index in [2.05, 4.69) is 29.9 Å². The second-order valence-electron chi connectivity index (χ2n) is 8.40.